The Labute approximate surface area is 124 Å². The van der Waals surface area contributed by atoms with Crippen LogP contribution < -0.4 is 10.0 Å². The molecular formula is C14H17N3O3S. The van der Waals surface area contributed by atoms with Crippen LogP contribution in [0, 0.1) is 0 Å². The van der Waals surface area contributed by atoms with Gasteiger partial charge < -0.3 is 10.1 Å². The molecule has 1 aromatic heterocycles. The Kier molecular flexibility index (Phi) is 4.77. The number of pyridine rings is 1. The van der Waals surface area contributed by atoms with Gasteiger partial charge in [-0.2, -0.15) is 0 Å². The lowest BCUT2D eigenvalue weighted by atomic mass is 10.2. The minimum atomic E-state index is -3.65. The van der Waals surface area contributed by atoms with Crippen molar-refractivity contribution in [1.29, 1.82) is 0 Å². The van der Waals surface area contributed by atoms with Crippen molar-refractivity contribution in [3.63, 3.8) is 0 Å². The van der Waals surface area contributed by atoms with Crippen molar-refractivity contribution in [3.05, 3.63) is 48.2 Å². The highest BCUT2D eigenvalue weighted by Crippen LogP contribution is 2.18. The van der Waals surface area contributed by atoms with Crippen molar-refractivity contribution in [2.24, 2.45) is 0 Å². The number of methoxy groups -OCH3 is 1. The number of nitrogens with zero attached hydrogens (tertiary/aromatic N) is 1. The number of rotatable bonds is 6. The van der Waals surface area contributed by atoms with Crippen LogP contribution >= 0.6 is 0 Å². The van der Waals surface area contributed by atoms with E-state index in [1.165, 1.54) is 12.3 Å². The molecule has 0 aliphatic heterocycles. The summed E-state index contributed by atoms with van der Waals surface area (Å²) in [5, 5.41) is 2.84. The molecule has 0 fully saturated rings. The fourth-order valence-electron chi connectivity index (χ4n) is 1.79. The SMILES string of the molecule is CNc1ccc(S(=O)(=O)Nc2cccc(COC)c2)cn1. The third-order valence-corrected chi connectivity index (χ3v) is 4.16. The average molecular weight is 307 g/mol. The first-order valence-corrected chi connectivity index (χ1v) is 7.78. The van der Waals surface area contributed by atoms with E-state index in [0.29, 0.717) is 18.1 Å². The van der Waals surface area contributed by atoms with Crippen molar-refractivity contribution < 1.29 is 13.2 Å². The largest absolute Gasteiger partial charge is 0.380 e. The lowest BCUT2D eigenvalue weighted by Gasteiger charge is -2.09. The highest BCUT2D eigenvalue weighted by Gasteiger charge is 2.14. The molecule has 2 rings (SSSR count). The summed E-state index contributed by atoms with van der Waals surface area (Å²) < 4.78 is 32.1. The first-order valence-electron chi connectivity index (χ1n) is 6.29. The third-order valence-electron chi connectivity index (χ3n) is 2.79. The molecule has 0 radical (unpaired) electrons. The van der Waals surface area contributed by atoms with E-state index in [0.717, 1.165) is 5.56 Å². The molecule has 2 aromatic rings. The van der Waals surface area contributed by atoms with Crippen LogP contribution in [0.15, 0.2) is 47.5 Å². The molecule has 0 aliphatic rings. The number of ether oxygens (including phenoxy) is 1. The fraction of sp³-hybridized carbons (Fsp3) is 0.214. The minimum absolute atomic E-state index is 0.110. The summed E-state index contributed by atoms with van der Waals surface area (Å²) in [6, 6.07) is 10.2. The maximum Gasteiger partial charge on any atom is 0.263 e. The van der Waals surface area contributed by atoms with Crippen LogP contribution in [-0.2, 0) is 21.4 Å². The Balaban J connectivity index is 2.21. The van der Waals surface area contributed by atoms with E-state index in [4.69, 9.17) is 4.74 Å². The van der Waals surface area contributed by atoms with Crippen molar-refractivity contribution in [1.82, 2.24) is 4.98 Å². The fourth-order valence-corrected chi connectivity index (χ4v) is 2.79. The Hall–Kier alpha value is -2.12. The van der Waals surface area contributed by atoms with Gasteiger partial charge in [-0.1, -0.05) is 12.1 Å². The van der Waals surface area contributed by atoms with Crippen LogP contribution in [0.5, 0.6) is 0 Å². The normalized spacial score (nSPS) is 11.1. The van der Waals surface area contributed by atoms with Crippen LogP contribution in [0.1, 0.15) is 5.56 Å². The zero-order valence-corrected chi connectivity index (χ0v) is 12.6. The molecule has 0 saturated carbocycles. The predicted molar refractivity (Wildman–Crippen MR) is 81.7 cm³/mol. The second-order valence-electron chi connectivity index (χ2n) is 4.37. The van der Waals surface area contributed by atoms with Crippen molar-refractivity contribution >= 4 is 21.5 Å². The molecule has 0 unspecified atom stereocenters. The Morgan fingerprint density at radius 2 is 2.05 bits per heavy atom. The molecule has 0 saturated heterocycles. The number of benzene rings is 1. The molecule has 1 aromatic carbocycles. The van der Waals surface area contributed by atoms with E-state index in [1.807, 2.05) is 6.07 Å². The number of hydrogen-bond donors (Lipinski definition) is 2. The first-order chi connectivity index (χ1) is 10.0. The first kappa shape index (κ1) is 15.3. The van der Waals surface area contributed by atoms with Gasteiger partial charge in [0.2, 0.25) is 0 Å². The number of sulfonamides is 1. The summed E-state index contributed by atoms with van der Waals surface area (Å²) in [6.45, 7) is 0.425. The predicted octanol–water partition coefficient (Wildman–Crippen LogP) is 2.07. The molecule has 6 nitrogen and oxygen atoms in total. The number of aromatic nitrogens is 1. The molecule has 7 heteroatoms. The molecule has 21 heavy (non-hydrogen) atoms. The van der Waals surface area contributed by atoms with E-state index in [-0.39, 0.29) is 4.90 Å². The van der Waals surface area contributed by atoms with E-state index in [1.54, 1.807) is 38.4 Å². The van der Waals surface area contributed by atoms with Crippen LogP contribution in [0.2, 0.25) is 0 Å². The summed E-state index contributed by atoms with van der Waals surface area (Å²) in [5.41, 5.74) is 1.38. The number of hydrogen-bond acceptors (Lipinski definition) is 5. The van der Waals surface area contributed by atoms with E-state index in [9.17, 15) is 8.42 Å². The number of nitrogens with one attached hydrogen (secondary N) is 2. The minimum Gasteiger partial charge on any atom is -0.380 e. The van der Waals surface area contributed by atoms with Crippen LogP contribution in [0.25, 0.3) is 0 Å². The van der Waals surface area contributed by atoms with Gasteiger partial charge in [0.05, 0.1) is 6.61 Å². The van der Waals surface area contributed by atoms with E-state index in [2.05, 4.69) is 15.0 Å². The maximum atomic E-state index is 12.3. The maximum absolute atomic E-state index is 12.3. The summed E-state index contributed by atoms with van der Waals surface area (Å²) in [5.74, 6) is 0.607. The molecule has 0 spiro atoms. The van der Waals surface area contributed by atoms with Gasteiger partial charge in [-0.25, -0.2) is 13.4 Å². The molecular weight excluding hydrogens is 290 g/mol. The molecule has 0 bridgehead atoms. The molecule has 1 heterocycles. The zero-order valence-electron chi connectivity index (χ0n) is 11.8. The quantitative estimate of drug-likeness (QED) is 0.854. The highest BCUT2D eigenvalue weighted by atomic mass is 32.2. The molecule has 112 valence electrons. The number of anilines is 2. The summed E-state index contributed by atoms with van der Waals surface area (Å²) in [6.07, 6.45) is 1.31. The monoisotopic (exact) mass is 307 g/mol. The second kappa shape index (κ2) is 6.55. The molecule has 0 atom stereocenters. The van der Waals surface area contributed by atoms with Gasteiger partial charge in [-0.3, -0.25) is 4.72 Å². The molecule has 0 aliphatic carbocycles. The van der Waals surface area contributed by atoms with Crippen molar-refractivity contribution in [3.8, 4) is 0 Å². The van der Waals surface area contributed by atoms with Crippen molar-refractivity contribution in [2.75, 3.05) is 24.2 Å². The highest BCUT2D eigenvalue weighted by molar-refractivity contribution is 7.92. The van der Waals surface area contributed by atoms with E-state index < -0.39 is 10.0 Å². The Bertz CT molecular complexity index is 700. The second-order valence-corrected chi connectivity index (χ2v) is 6.05. The lowest BCUT2D eigenvalue weighted by molar-refractivity contribution is 0.185. The van der Waals surface area contributed by atoms with Gasteiger partial charge in [0.1, 0.15) is 10.7 Å². The molecule has 0 amide bonds. The summed E-state index contributed by atoms with van der Waals surface area (Å²) >= 11 is 0. The third kappa shape index (κ3) is 3.93. The zero-order chi connectivity index (χ0) is 15.3. The summed E-state index contributed by atoms with van der Waals surface area (Å²) in [4.78, 5) is 4.11. The van der Waals surface area contributed by atoms with Gasteiger partial charge in [-0.05, 0) is 29.8 Å². The van der Waals surface area contributed by atoms with Gasteiger partial charge in [-0.15, -0.1) is 0 Å². The lowest BCUT2D eigenvalue weighted by Crippen LogP contribution is -2.13. The Morgan fingerprint density at radius 1 is 1.24 bits per heavy atom. The molecule has 2 N–H and O–H groups in total. The van der Waals surface area contributed by atoms with Gasteiger partial charge >= 0.3 is 0 Å². The smallest absolute Gasteiger partial charge is 0.263 e. The van der Waals surface area contributed by atoms with Crippen LogP contribution in [-0.4, -0.2) is 27.6 Å². The van der Waals surface area contributed by atoms with Crippen molar-refractivity contribution in [2.45, 2.75) is 11.5 Å². The van der Waals surface area contributed by atoms with Gasteiger partial charge in [0, 0.05) is 26.0 Å². The van der Waals surface area contributed by atoms with E-state index >= 15 is 0 Å². The topological polar surface area (TPSA) is 80.3 Å². The average Bonchev–Trinajstić information content (AvgIpc) is 2.47. The standard InChI is InChI=1S/C14H17N3O3S/c1-15-14-7-6-13(9-16-14)21(18,19)17-12-5-3-4-11(8-12)10-20-2/h3-9,17H,10H2,1-2H3,(H,15,16). The van der Waals surface area contributed by atoms with Gasteiger partial charge in [0.15, 0.2) is 0 Å². The van der Waals surface area contributed by atoms with Crippen LogP contribution in [0.3, 0.4) is 0 Å². The summed E-state index contributed by atoms with van der Waals surface area (Å²) in [7, 11) is -0.344. The van der Waals surface area contributed by atoms with Gasteiger partial charge in [0.25, 0.3) is 10.0 Å². The van der Waals surface area contributed by atoms with Crippen LogP contribution in [0.4, 0.5) is 11.5 Å². The Morgan fingerprint density at radius 3 is 2.67 bits per heavy atom.